The lowest BCUT2D eigenvalue weighted by Gasteiger charge is -2.31. The molecule has 4 nitrogen and oxygen atoms in total. The van der Waals surface area contributed by atoms with E-state index in [0.29, 0.717) is 13.2 Å². The Hall–Kier alpha value is -0.870. The predicted octanol–water partition coefficient (Wildman–Crippen LogP) is 1.95. The van der Waals surface area contributed by atoms with Gasteiger partial charge in [0.1, 0.15) is 0 Å². The summed E-state index contributed by atoms with van der Waals surface area (Å²) < 4.78 is 7.99. The lowest BCUT2D eigenvalue weighted by atomic mass is 9.94. The maximum absolute atomic E-state index is 6.09. The first-order valence-electron chi connectivity index (χ1n) is 6.66. The highest BCUT2D eigenvalue weighted by Gasteiger charge is 2.30. The number of nitrogens with zero attached hydrogens (tertiary/aromatic N) is 2. The first-order valence-corrected chi connectivity index (χ1v) is 6.66. The van der Waals surface area contributed by atoms with Crippen LogP contribution in [0.15, 0.2) is 18.5 Å². The average Bonchev–Trinajstić information content (AvgIpc) is 2.75. The summed E-state index contributed by atoms with van der Waals surface area (Å²) in [5.41, 5.74) is 5.85. The zero-order chi connectivity index (χ0) is 12.0. The highest BCUT2D eigenvalue weighted by Crippen LogP contribution is 2.29. The fourth-order valence-electron chi connectivity index (χ4n) is 2.57. The third kappa shape index (κ3) is 3.54. The van der Waals surface area contributed by atoms with E-state index < -0.39 is 0 Å². The molecular weight excluding hydrogens is 214 g/mol. The van der Waals surface area contributed by atoms with E-state index in [0.717, 1.165) is 19.4 Å². The molecule has 1 heterocycles. The lowest BCUT2D eigenvalue weighted by molar-refractivity contribution is -0.0531. The molecule has 1 fully saturated rings. The first kappa shape index (κ1) is 12.6. The molecule has 2 N–H and O–H groups in total. The lowest BCUT2D eigenvalue weighted by Crippen LogP contribution is -2.41. The third-order valence-electron chi connectivity index (χ3n) is 3.67. The van der Waals surface area contributed by atoms with E-state index in [1.54, 1.807) is 6.20 Å². The summed E-state index contributed by atoms with van der Waals surface area (Å²) in [5.74, 6) is 0. The van der Waals surface area contributed by atoms with Crippen LogP contribution in [-0.4, -0.2) is 28.5 Å². The Morgan fingerprint density at radius 3 is 2.59 bits per heavy atom. The molecule has 1 aliphatic rings. The molecule has 1 saturated carbocycles. The van der Waals surface area contributed by atoms with Crippen LogP contribution in [0, 0.1) is 0 Å². The molecule has 0 radical (unpaired) electrons. The molecule has 17 heavy (non-hydrogen) atoms. The maximum atomic E-state index is 6.09. The summed E-state index contributed by atoms with van der Waals surface area (Å²) in [6.07, 6.45) is 11.1. The van der Waals surface area contributed by atoms with E-state index in [-0.39, 0.29) is 5.60 Å². The van der Waals surface area contributed by atoms with Gasteiger partial charge in [0, 0.05) is 18.9 Å². The minimum absolute atomic E-state index is 0.0658. The van der Waals surface area contributed by atoms with Crippen LogP contribution in [0.25, 0.3) is 0 Å². The van der Waals surface area contributed by atoms with Crippen LogP contribution in [0.3, 0.4) is 0 Å². The maximum Gasteiger partial charge on any atom is 0.0805 e. The molecule has 2 rings (SSSR count). The van der Waals surface area contributed by atoms with Gasteiger partial charge in [0.15, 0.2) is 0 Å². The Kier molecular flexibility index (Phi) is 4.57. The molecule has 1 aromatic heterocycles. The van der Waals surface area contributed by atoms with Crippen LogP contribution in [0.2, 0.25) is 0 Å². The van der Waals surface area contributed by atoms with Gasteiger partial charge in [-0.3, -0.25) is 4.68 Å². The van der Waals surface area contributed by atoms with Gasteiger partial charge in [-0.25, -0.2) is 0 Å². The Balaban J connectivity index is 1.81. The monoisotopic (exact) mass is 237 g/mol. The number of hydrogen-bond donors (Lipinski definition) is 1. The molecule has 0 atom stereocenters. The van der Waals surface area contributed by atoms with E-state index >= 15 is 0 Å². The van der Waals surface area contributed by atoms with Gasteiger partial charge >= 0.3 is 0 Å². The third-order valence-corrected chi connectivity index (χ3v) is 3.67. The second-order valence-corrected chi connectivity index (χ2v) is 4.92. The normalized spacial score (nSPS) is 20.1. The van der Waals surface area contributed by atoms with Crippen molar-refractivity contribution in [3.8, 4) is 0 Å². The molecule has 0 aromatic carbocycles. The van der Waals surface area contributed by atoms with E-state index in [4.69, 9.17) is 10.5 Å². The van der Waals surface area contributed by atoms with Crippen molar-refractivity contribution >= 4 is 0 Å². The second-order valence-electron chi connectivity index (χ2n) is 4.92. The molecule has 0 spiro atoms. The van der Waals surface area contributed by atoms with Crippen molar-refractivity contribution in [3.05, 3.63) is 18.5 Å². The number of ether oxygens (including phenoxy) is 1. The van der Waals surface area contributed by atoms with Crippen LogP contribution in [-0.2, 0) is 11.3 Å². The molecule has 0 aliphatic heterocycles. The fourth-order valence-corrected chi connectivity index (χ4v) is 2.57. The van der Waals surface area contributed by atoms with Crippen molar-refractivity contribution < 1.29 is 4.74 Å². The zero-order valence-corrected chi connectivity index (χ0v) is 10.5. The minimum Gasteiger partial charge on any atom is -0.372 e. The van der Waals surface area contributed by atoms with Crippen LogP contribution >= 0.6 is 0 Å². The highest BCUT2D eigenvalue weighted by molar-refractivity contribution is 4.84. The van der Waals surface area contributed by atoms with Crippen molar-refractivity contribution in [2.45, 2.75) is 50.7 Å². The van der Waals surface area contributed by atoms with Gasteiger partial charge in [-0.2, -0.15) is 5.10 Å². The molecule has 1 aromatic rings. The number of aromatic nitrogens is 2. The van der Waals surface area contributed by atoms with Gasteiger partial charge in [0.25, 0.3) is 0 Å². The Bertz CT molecular complexity index is 302. The van der Waals surface area contributed by atoms with Crippen LogP contribution in [0.1, 0.15) is 38.5 Å². The first-order chi connectivity index (χ1) is 8.35. The quantitative estimate of drug-likeness (QED) is 0.796. The van der Waals surface area contributed by atoms with Gasteiger partial charge in [-0.15, -0.1) is 0 Å². The molecule has 0 bridgehead atoms. The number of nitrogens with two attached hydrogens (primary N) is 1. The van der Waals surface area contributed by atoms with Gasteiger partial charge < -0.3 is 10.5 Å². The number of hydrogen-bond acceptors (Lipinski definition) is 3. The smallest absolute Gasteiger partial charge is 0.0805 e. The van der Waals surface area contributed by atoms with Gasteiger partial charge in [0.2, 0.25) is 0 Å². The summed E-state index contributed by atoms with van der Waals surface area (Å²) in [6.45, 7) is 2.17. The van der Waals surface area contributed by atoms with E-state index in [9.17, 15) is 0 Å². The molecule has 0 unspecified atom stereocenters. The van der Waals surface area contributed by atoms with Gasteiger partial charge in [-0.05, 0) is 18.9 Å². The van der Waals surface area contributed by atoms with E-state index in [2.05, 4.69) is 5.10 Å². The van der Waals surface area contributed by atoms with Crippen molar-refractivity contribution in [2.75, 3.05) is 13.2 Å². The largest absolute Gasteiger partial charge is 0.372 e. The van der Waals surface area contributed by atoms with Gasteiger partial charge in [-0.1, -0.05) is 25.7 Å². The Labute approximate surface area is 103 Å². The molecular formula is C13H23N3O. The van der Waals surface area contributed by atoms with E-state index in [1.807, 2.05) is 16.9 Å². The van der Waals surface area contributed by atoms with E-state index in [1.165, 1.54) is 25.7 Å². The van der Waals surface area contributed by atoms with Crippen molar-refractivity contribution in [3.63, 3.8) is 0 Å². The second kappa shape index (κ2) is 6.17. The number of rotatable bonds is 5. The summed E-state index contributed by atoms with van der Waals surface area (Å²) in [7, 11) is 0. The van der Waals surface area contributed by atoms with Crippen LogP contribution in [0.5, 0.6) is 0 Å². The van der Waals surface area contributed by atoms with Crippen molar-refractivity contribution in [2.24, 2.45) is 5.73 Å². The molecule has 0 amide bonds. The topological polar surface area (TPSA) is 53.1 Å². The van der Waals surface area contributed by atoms with Crippen LogP contribution in [0.4, 0.5) is 0 Å². The summed E-state index contributed by atoms with van der Waals surface area (Å²) >= 11 is 0. The molecule has 96 valence electrons. The molecule has 1 aliphatic carbocycles. The highest BCUT2D eigenvalue weighted by atomic mass is 16.5. The van der Waals surface area contributed by atoms with Crippen molar-refractivity contribution in [1.29, 1.82) is 0 Å². The molecule has 4 heteroatoms. The summed E-state index contributed by atoms with van der Waals surface area (Å²) in [6, 6.07) is 1.93. The average molecular weight is 237 g/mol. The molecule has 0 saturated heterocycles. The SMILES string of the molecule is NCC1(OCCn2cccn2)CCCCCC1. The minimum atomic E-state index is -0.0658. The Morgan fingerprint density at radius 2 is 2.00 bits per heavy atom. The van der Waals surface area contributed by atoms with Crippen LogP contribution < -0.4 is 5.73 Å². The Morgan fingerprint density at radius 1 is 1.24 bits per heavy atom. The summed E-state index contributed by atoms with van der Waals surface area (Å²) in [4.78, 5) is 0. The van der Waals surface area contributed by atoms with Gasteiger partial charge in [0.05, 0.1) is 18.8 Å². The predicted molar refractivity (Wildman–Crippen MR) is 67.7 cm³/mol. The fraction of sp³-hybridized carbons (Fsp3) is 0.769. The zero-order valence-electron chi connectivity index (χ0n) is 10.5. The standard InChI is InChI=1S/C13H23N3O/c14-12-13(6-3-1-2-4-7-13)17-11-10-16-9-5-8-15-16/h5,8-9H,1-4,6-7,10-12,14H2. The van der Waals surface area contributed by atoms with Crippen molar-refractivity contribution in [1.82, 2.24) is 9.78 Å². The summed E-state index contributed by atoms with van der Waals surface area (Å²) in [5, 5.41) is 4.17.